The number of rotatable bonds is 2. The van der Waals surface area contributed by atoms with Gasteiger partial charge in [-0.15, -0.1) is 0 Å². The van der Waals surface area contributed by atoms with Gasteiger partial charge in [-0.2, -0.15) is 0 Å². The molecule has 0 saturated carbocycles. The molecule has 2 N–H and O–H groups in total. The Balaban J connectivity index is 2.11. The topological polar surface area (TPSA) is 46.3 Å². The molecule has 0 radical (unpaired) electrons. The molecule has 0 spiro atoms. The maximum absolute atomic E-state index is 13.1. The molecule has 0 aliphatic carbocycles. The average molecular weight is 266 g/mol. The summed E-state index contributed by atoms with van der Waals surface area (Å²) in [6, 6.07) is 5.74. The van der Waals surface area contributed by atoms with E-state index in [2.05, 4.69) is 0 Å². The van der Waals surface area contributed by atoms with E-state index < -0.39 is 5.82 Å². The number of carbonyl (C=O) groups is 1. The first-order chi connectivity index (χ1) is 8.58. The molecular weight excluding hydrogens is 251 g/mol. The minimum atomic E-state index is -0.399. The van der Waals surface area contributed by atoms with Gasteiger partial charge in [-0.1, -0.05) is 18.3 Å². The molecule has 1 aromatic rings. The molecule has 1 unspecified atom stereocenters. The Morgan fingerprint density at radius 3 is 2.94 bits per heavy atom. The molecule has 3 nitrogen and oxygen atoms in total. The molecule has 1 aliphatic heterocycles. The van der Waals surface area contributed by atoms with Gasteiger partial charge in [-0.3, -0.25) is 4.79 Å². The highest BCUT2D eigenvalue weighted by atomic mass is 32.1. The predicted octanol–water partition coefficient (Wildman–Crippen LogP) is 1.96. The Bertz CT molecular complexity index is 478. The van der Waals surface area contributed by atoms with Gasteiger partial charge in [0.05, 0.1) is 4.99 Å². The Kier molecular flexibility index (Phi) is 3.91. The van der Waals surface area contributed by atoms with E-state index in [1.165, 1.54) is 18.2 Å². The summed E-state index contributed by atoms with van der Waals surface area (Å²) in [5.41, 5.74) is 6.00. The summed E-state index contributed by atoms with van der Waals surface area (Å²) in [6.07, 6.45) is 1.80. The van der Waals surface area contributed by atoms with Crippen LogP contribution in [-0.2, 0) is 0 Å². The lowest BCUT2D eigenvalue weighted by atomic mass is 9.97. The lowest BCUT2D eigenvalue weighted by molar-refractivity contribution is 0.0703. The summed E-state index contributed by atoms with van der Waals surface area (Å²) in [4.78, 5) is 14.3. The number of hydrogen-bond acceptors (Lipinski definition) is 2. The van der Waals surface area contributed by atoms with Gasteiger partial charge in [0.2, 0.25) is 0 Å². The predicted molar refractivity (Wildman–Crippen MR) is 71.8 cm³/mol. The number of nitrogens with two attached hydrogens (primary N) is 1. The smallest absolute Gasteiger partial charge is 0.253 e. The van der Waals surface area contributed by atoms with Crippen LogP contribution in [0.1, 0.15) is 23.2 Å². The fourth-order valence-corrected chi connectivity index (χ4v) is 2.39. The molecule has 18 heavy (non-hydrogen) atoms. The minimum Gasteiger partial charge on any atom is -0.393 e. The van der Waals surface area contributed by atoms with Crippen LogP contribution in [0.15, 0.2) is 24.3 Å². The molecule has 1 saturated heterocycles. The number of hydrogen-bond donors (Lipinski definition) is 1. The number of benzene rings is 1. The zero-order valence-corrected chi connectivity index (χ0v) is 10.8. The molecule has 5 heteroatoms. The van der Waals surface area contributed by atoms with Crippen molar-refractivity contribution in [2.24, 2.45) is 11.7 Å². The second kappa shape index (κ2) is 5.44. The number of amides is 1. The number of carbonyl (C=O) groups excluding carboxylic acids is 1. The van der Waals surface area contributed by atoms with E-state index in [-0.39, 0.29) is 11.8 Å². The molecule has 1 aliphatic rings. The van der Waals surface area contributed by atoms with Crippen LogP contribution >= 0.6 is 12.2 Å². The standard InChI is InChI=1S/C13H15FN2OS/c14-11-5-1-3-9(7-11)13(17)16-6-2-4-10(8-16)12(15)18/h1,3,5,7,10H,2,4,6,8H2,(H2,15,18). The number of thiocarbonyl (C=S) groups is 1. The number of halogens is 1. The van der Waals surface area contributed by atoms with E-state index in [0.29, 0.717) is 23.6 Å². The van der Waals surface area contributed by atoms with Crippen LogP contribution in [0, 0.1) is 11.7 Å². The van der Waals surface area contributed by atoms with Crippen molar-refractivity contribution in [3.8, 4) is 0 Å². The van der Waals surface area contributed by atoms with E-state index in [1.54, 1.807) is 11.0 Å². The van der Waals surface area contributed by atoms with Crippen molar-refractivity contribution in [1.82, 2.24) is 4.90 Å². The van der Waals surface area contributed by atoms with Gasteiger partial charge in [-0.05, 0) is 31.0 Å². The molecule has 0 aromatic heterocycles. The minimum absolute atomic E-state index is 0.0752. The lowest BCUT2D eigenvalue weighted by Crippen LogP contribution is -2.43. The van der Waals surface area contributed by atoms with Crippen molar-refractivity contribution in [1.29, 1.82) is 0 Å². The van der Waals surface area contributed by atoms with Gasteiger partial charge in [0.1, 0.15) is 5.82 Å². The van der Waals surface area contributed by atoms with Gasteiger partial charge in [0, 0.05) is 24.6 Å². The van der Waals surface area contributed by atoms with E-state index in [0.717, 1.165) is 12.8 Å². The van der Waals surface area contributed by atoms with E-state index in [9.17, 15) is 9.18 Å². The number of piperidine rings is 1. The number of likely N-dealkylation sites (tertiary alicyclic amines) is 1. The van der Waals surface area contributed by atoms with Gasteiger partial charge < -0.3 is 10.6 Å². The average Bonchev–Trinajstić information content (AvgIpc) is 2.38. The highest BCUT2D eigenvalue weighted by Crippen LogP contribution is 2.19. The molecule has 1 fully saturated rings. The van der Waals surface area contributed by atoms with Crippen LogP contribution in [-0.4, -0.2) is 28.9 Å². The fraction of sp³-hybridized carbons (Fsp3) is 0.385. The first-order valence-corrected chi connectivity index (χ1v) is 6.33. The summed E-state index contributed by atoms with van der Waals surface area (Å²) in [5.74, 6) is -0.481. The van der Waals surface area contributed by atoms with Crippen LogP contribution in [0.5, 0.6) is 0 Å². The Morgan fingerprint density at radius 1 is 1.50 bits per heavy atom. The maximum Gasteiger partial charge on any atom is 0.253 e. The van der Waals surface area contributed by atoms with E-state index in [1.807, 2.05) is 0 Å². The van der Waals surface area contributed by atoms with Crippen LogP contribution in [0.25, 0.3) is 0 Å². The monoisotopic (exact) mass is 266 g/mol. The third-order valence-electron chi connectivity index (χ3n) is 3.18. The lowest BCUT2D eigenvalue weighted by Gasteiger charge is -2.32. The number of nitrogens with zero attached hydrogens (tertiary/aromatic N) is 1. The molecule has 96 valence electrons. The van der Waals surface area contributed by atoms with Crippen LogP contribution in [0.2, 0.25) is 0 Å². The quantitative estimate of drug-likeness (QED) is 0.832. The summed E-state index contributed by atoms with van der Waals surface area (Å²) < 4.78 is 13.1. The van der Waals surface area contributed by atoms with E-state index >= 15 is 0 Å². The molecule has 2 rings (SSSR count). The van der Waals surface area contributed by atoms with Gasteiger partial charge in [0.15, 0.2) is 0 Å². The molecule has 1 heterocycles. The highest BCUT2D eigenvalue weighted by molar-refractivity contribution is 7.80. The van der Waals surface area contributed by atoms with Gasteiger partial charge in [0.25, 0.3) is 5.91 Å². The normalized spacial score (nSPS) is 19.6. The van der Waals surface area contributed by atoms with E-state index in [4.69, 9.17) is 18.0 Å². The molecule has 1 amide bonds. The Labute approximate surface area is 111 Å². The van der Waals surface area contributed by atoms with Crippen molar-refractivity contribution in [3.05, 3.63) is 35.6 Å². The summed E-state index contributed by atoms with van der Waals surface area (Å²) in [7, 11) is 0. The van der Waals surface area contributed by atoms with Gasteiger partial charge in [-0.25, -0.2) is 4.39 Å². The van der Waals surface area contributed by atoms with Gasteiger partial charge >= 0.3 is 0 Å². The summed E-state index contributed by atoms with van der Waals surface area (Å²) in [5, 5.41) is 0. The fourth-order valence-electron chi connectivity index (χ4n) is 2.20. The van der Waals surface area contributed by atoms with Crippen LogP contribution in [0.3, 0.4) is 0 Å². The molecule has 0 bridgehead atoms. The van der Waals surface area contributed by atoms with Crippen molar-refractivity contribution < 1.29 is 9.18 Å². The Morgan fingerprint density at radius 2 is 2.28 bits per heavy atom. The second-order valence-corrected chi connectivity index (χ2v) is 4.97. The third kappa shape index (κ3) is 2.85. The molecule has 1 aromatic carbocycles. The SMILES string of the molecule is NC(=S)C1CCCN(C(=O)c2cccc(F)c2)C1. The van der Waals surface area contributed by atoms with Crippen LogP contribution in [0.4, 0.5) is 4.39 Å². The highest BCUT2D eigenvalue weighted by Gasteiger charge is 2.25. The Hall–Kier alpha value is -1.49. The van der Waals surface area contributed by atoms with Crippen molar-refractivity contribution in [3.63, 3.8) is 0 Å². The first-order valence-electron chi connectivity index (χ1n) is 5.92. The zero-order valence-electron chi connectivity index (χ0n) is 9.93. The second-order valence-electron chi connectivity index (χ2n) is 4.50. The largest absolute Gasteiger partial charge is 0.393 e. The van der Waals surface area contributed by atoms with Crippen molar-refractivity contribution in [2.75, 3.05) is 13.1 Å². The first kappa shape index (κ1) is 13.0. The zero-order chi connectivity index (χ0) is 13.1. The van der Waals surface area contributed by atoms with Crippen LogP contribution < -0.4 is 5.73 Å². The molecule has 1 atom stereocenters. The summed E-state index contributed by atoms with van der Waals surface area (Å²) in [6.45, 7) is 1.21. The van der Waals surface area contributed by atoms with Crippen molar-refractivity contribution in [2.45, 2.75) is 12.8 Å². The molecular formula is C13H15FN2OS. The maximum atomic E-state index is 13.1. The van der Waals surface area contributed by atoms with Crippen molar-refractivity contribution >= 4 is 23.1 Å². The summed E-state index contributed by atoms with van der Waals surface area (Å²) >= 11 is 4.97. The third-order valence-corrected chi connectivity index (χ3v) is 3.52.